The molecule has 0 aromatic heterocycles. The van der Waals surface area contributed by atoms with Crippen LogP contribution in [0, 0.1) is 5.82 Å². The van der Waals surface area contributed by atoms with Gasteiger partial charge in [0.05, 0.1) is 24.4 Å². The lowest BCUT2D eigenvalue weighted by molar-refractivity contribution is -0.153. The van der Waals surface area contributed by atoms with Gasteiger partial charge >= 0.3 is 0 Å². The number of carbonyl (C=O) groups excluding carboxylic acids is 1. The largest absolute Gasteiger partial charge is 0.386 e. The maximum Gasteiger partial charge on any atom is 0.233 e. The Labute approximate surface area is 116 Å². The lowest BCUT2D eigenvalue weighted by Crippen LogP contribution is -2.63. The maximum absolute atomic E-state index is 13.4. The van der Waals surface area contributed by atoms with Crippen LogP contribution in [0.1, 0.15) is 19.8 Å². The first kappa shape index (κ1) is 14.3. The molecule has 0 spiro atoms. The van der Waals surface area contributed by atoms with Crippen LogP contribution in [0.15, 0.2) is 29.2 Å². The van der Waals surface area contributed by atoms with E-state index in [4.69, 9.17) is 0 Å². The molecule has 1 amide bonds. The fourth-order valence-corrected chi connectivity index (χ4v) is 3.10. The van der Waals surface area contributed by atoms with Gasteiger partial charge in [-0.25, -0.2) is 4.39 Å². The molecule has 0 saturated carbocycles. The third-order valence-corrected chi connectivity index (χ3v) is 4.26. The Kier molecular flexibility index (Phi) is 4.47. The van der Waals surface area contributed by atoms with Gasteiger partial charge in [-0.05, 0) is 18.6 Å². The van der Waals surface area contributed by atoms with E-state index in [1.54, 1.807) is 23.1 Å². The number of hydrogen-bond acceptors (Lipinski definition) is 3. The van der Waals surface area contributed by atoms with Crippen molar-refractivity contribution in [2.75, 3.05) is 18.8 Å². The molecule has 1 aromatic rings. The molecule has 5 heteroatoms. The summed E-state index contributed by atoms with van der Waals surface area (Å²) in [7, 11) is 0. The van der Waals surface area contributed by atoms with Gasteiger partial charge in [-0.15, -0.1) is 11.8 Å². The van der Waals surface area contributed by atoms with Crippen molar-refractivity contribution in [3.05, 3.63) is 30.1 Å². The first-order valence-electron chi connectivity index (χ1n) is 6.41. The van der Waals surface area contributed by atoms with Crippen molar-refractivity contribution >= 4 is 17.7 Å². The van der Waals surface area contributed by atoms with Crippen LogP contribution >= 0.6 is 11.8 Å². The van der Waals surface area contributed by atoms with Crippen molar-refractivity contribution in [3.8, 4) is 0 Å². The normalized spacial score (nSPS) is 17.1. The highest BCUT2D eigenvalue weighted by atomic mass is 32.2. The van der Waals surface area contributed by atoms with Crippen LogP contribution in [-0.2, 0) is 4.79 Å². The Balaban J connectivity index is 1.79. The van der Waals surface area contributed by atoms with E-state index >= 15 is 0 Å². The minimum absolute atomic E-state index is 0.0472. The van der Waals surface area contributed by atoms with Crippen molar-refractivity contribution < 1.29 is 14.3 Å². The zero-order chi connectivity index (χ0) is 13.9. The van der Waals surface area contributed by atoms with Gasteiger partial charge in [0.15, 0.2) is 0 Å². The Morgan fingerprint density at radius 3 is 2.79 bits per heavy atom. The molecule has 2 rings (SSSR count). The number of rotatable bonds is 5. The molecule has 0 unspecified atom stereocenters. The van der Waals surface area contributed by atoms with Crippen LogP contribution in [0.4, 0.5) is 4.39 Å². The van der Waals surface area contributed by atoms with E-state index < -0.39 is 5.60 Å². The van der Waals surface area contributed by atoms with E-state index in [-0.39, 0.29) is 17.5 Å². The molecule has 1 aliphatic heterocycles. The second-order valence-electron chi connectivity index (χ2n) is 4.94. The molecule has 3 nitrogen and oxygen atoms in total. The zero-order valence-electron chi connectivity index (χ0n) is 10.9. The molecular weight excluding hydrogens is 265 g/mol. The van der Waals surface area contributed by atoms with Gasteiger partial charge < -0.3 is 10.0 Å². The first-order chi connectivity index (χ1) is 9.04. The maximum atomic E-state index is 13.4. The average Bonchev–Trinajstić information content (AvgIpc) is 2.35. The SMILES string of the molecule is CCCC1(O)CN(C(=O)CSc2ccccc2F)C1. The fourth-order valence-electron chi connectivity index (χ4n) is 2.26. The van der Waals surface area contributed by atoms with Gasteiger partial charge in [0.25, 0.3) is 0 Å². The van der Waals surface area contributed by atoms with Crippen LogP contribution in [0.5, 0.6) is 0 Å². The van der Waals surface area contributed by atoms with Gasteiger partial charge in [-0.2, -0.15) is 0 Å². The molecule has 1 saturated heterocycles. The summed E-state index contributed by atoms with van der Waals surface area (Å²) in [5.41, 5.74) is -0.701. The number of hydrogen-bond donors (Lipinski definition) is 1. The van der Waals surface area contributed by atoms with Crippen molar-refractivity contribution in [2.45, 2.75) is 30.3 Å². The third kappa shape index (κ3) is 3.48. The molecule has 0 aliphatic carbocycles. The molecule has 19 heavy (non-hydrogen) atoms. The quantitative estimate of drug-likeness (QED) is 0.843. The Morgan fingerprint density at radius 1 is 1.47 bits per heavy atom. The molecule has 0 bridgehead atoms. The smallest absolute Gasteiger partial charge is 0.233 e. The van der Waals surface area contributed by atoms with Crippen LogP contribution in [-0.4, -0.2) is 40.4 Å². The number of likely N-dealkylation sites (tertiary alicyclic amines) is 1. The number of aliphatic hydroxyl groups is 1. The molecule has 1 aromatic carbocycles. The number of carbonyl (C=O) groups is 1. The zero-order valence-corrected chi connectivity index (χ0v) is 11.8. The van der Waals surface area contributed by atoms with E-state index in [2.05, 4.69) is 0 Å². The standard InChI is InChI=1S/C14H18FNO2S/c1-2-7-14(18)9-16(10-14)13(17)8-19-12-6-4-3-5-11(12)15/h3-6,18H,2,7-10H2,1H3. The Morgan fingerprint density at radius 2 is 2.16 bits per heavy atom. The van der Waals surface area contributed by atoms with Crippen molar-refractivity contribution in [1.29, 1.82) is 0 Å². The topological polar surface area (TPSA) is 40.5 Å². The summed E-state index contributed by atoms with van der Waals surface area (Å²) in [6.45, 7) is 2.81. The summed E-state index contributed by atoms with van der Waals surface area (Å²) in [4.78, 5) is 14.0. The van der Waals surface area contributed by atoms with Gasteiger partial charge in [0.1, 0.15) is 5.82 Å². The summed E-state index contributed by atoms with van der Waals surface area (Å²) in [6.07, 6.45) is 1.62. The number of halogens is 1. The predicted octanol–water partition coefficient (Wildman–Crippen LogP) is 2.29. The lowest BCUT2D eigenvalue weighted by atomic mass is 9.89. The summed E-state index contributed by atoms with van der Waals surface area (Å²) in [6, 6.07) is 6.42. The summed E-state index contributed by atoms with van der Waals surface area (Å²) < 4.78 is 13.4. The van der Waals surface area contributed by atoms with Crippen molar-refractivity contribution in [3.63, 3.8) is 0 Å². The van der Waals surface area contributed by atoms with E-state index in [1.807, 2.05) is 6.92 Å². The van der Waals surface area contributed by atoms with Gasteiger partial charge in [-0.1, -0.05) is 25.5 Å². The number of amides is 1. The van der Waals surface area contributed by atoms with Crippen LogP contribution in [0.2, 0.25) is 0 Å². The van der Waals surface area contributed by atoms with Crippen molar-refractivity contribution in [1.82, 2.24) is 4.90 Å². The fraction of sp³-hybridized carbons (Fsp3) is 0.500. The van der Waals surface area contributed by atoms with Crippen LogP contribution in [0.25, 0.3) is 0 Å². The molecular formula is C14H18FNO2S. The van der Waals surface area contributed by atoms with E-state index in [0.717, 1.165) is 12.8 Å². The molecule has 104 valence electrons. The minimum Gasteiger partial charge on any atom is -0.386 e. The van der Waals surface area contributed by atoms with Crippen molar-refractivity contribution in [2.24, 2.45) is 0 Å². The number of β-amino-alcohol motifs (C(OH)–C–C–N with tert-alkyl or cyclic N) is 1. The van der Waals surface area contributed by atoms with E-state index in [1.165, 1.54) is 17.8 Å². The minimum atomic E-state index is -0.701. The molecule has 1 heterocycles. The Bertz CT molecular complexity index is 461. The van der Waals surface area contributed by atoms with E-state index in [0.29, 0.717) is 18.0 Å². The Hall–Kier alpha value is -1.07. The lowest BCUT2D eigenvalue weighted by Gasteiger charge is -2.46. The summed E-state index contributed by atoms with van der Waals surface area (Å²) >= 11 is 1.20. The highest BCUT2D eigenvalue weighted by Crippen LogP contribution is 2.28. The molecule has 0 atom stereocenters. The highest BCUT2D eigenvalue weighted by Gasteiger charge is 2.42. The monoisotopic (exact) mass is 283 g/mol. The third-order valence-electron chi connectivity index (χ3n) is 3.23. The summed E-state index contributed by atoms with van der Waals surface area (Å²) in [5.74, 6) is -0.135. The summed E-state index contributed by atoms with van der Waals surface area (Å²) in [5, 5.41) is 10.00. The molecule has 1 N–H and O–H groups in total. The van der Waals surface area contributed by atoms with Crippen LogP contribution < -0.4 is 0 Å². The second kappa shape index (κ2) is 5.92. The van der Waals surface area contributed by atoms with Gasteiger partial charge in [-0.3, -0.25) is 4.79 Å². The number of thioether (sulfide) groups is 1. The van der Waals surface area contributed by atoms with E-state index in [9.17, 15) is 14.3 Å². The molecule has 0 radical (unpaired) electrons. The molecule has 1 fully saturated rings. The van der Waals surface area contributed by atoms with Crippen LogP contribution in [0.3, 0.4) is 0 Å². The number of benzene rings is 1. The highest BCUT2D eigenvalue weighted by molar-refractivity contribution is 8.00. The number of nitrogens with zero attached hydrogens (tertiary/aromatic N) is 1. The first-order valence-corrected chi connectivity index (χ1v) is 7.40. The second-order valence-corrected chi connectivity index (χ2v) is 5.96. The predicted molar refractivity (Wildman–Crippen MR) is 73.6 cm³/mol. The average molecular weight is 283 g/mol. The van der Waals surface area contributed by atoms with Gasteiger partial charge in [0, 0.05) is 4.90 Å². The molecule has 1 aliphatic rings. The van der Waals surface area contributed by atoms with Gasteiger partial charge in [0.2, 0.25) is 5.91 Å².